The van der Waals surface area contributed by atoms with Crippen LogP contribution in [0.2, 0.25) is 0 Å². The number of likely N-dealkylation sites (tertiary alicyclic amines) is 1. The molecule has 3 aliphatic rings. The Morgan fingerprint density at radius 1 is 1.24 bits per heavy atom. The number of nitrogens with zero attached hydrogens (tertiary/aromatic N) is 2. The predicted octanol–water partition coefficient (Wildman–Crippen LogP) is 1.09. The van der Waals surface area contributed by atoms with Gasteiger partial charge in [-0.2, -0.15) is 0 Å². The highest BCUT2D eigenvalue weighted by atomic mass is 16.3. The zero-order valence-electron chi connectivity index (χ0n) is 10.4. The molecule has 3 fully saturated rings. The summed E-state index contributed by atoms with van der Waals surface area (Å²) in [5, 5.41) is 10.6. The lowest BCUT2D eigenvalue weighted by Crippen LogP contribution is -2.56. The number of piperidine rings is 1. The molecule has 4 nitrogen and oxygen atoms in total. The minimum Gasteiger partial charge on any atom is -0.389 e. The maximum atomic E-state index is 10.6. The van der Waals surface area contributed by atoms with Crippen LogP contribution >= 0.6 is 0 Å². The topological polar surface area (TPSA) is 61.8 Å². The first kappa shape index (κ1) is 11.3. The van der Waals surface area contributed by atoms with Gasteiger partial charge in [0.05, 0.1) is 11.6 Å². The first-order chi connectivity index (χ1) is 8.17. The summed E-state index contributed by atoms with van der Waals surface area (Å²) in [5.74, 6) is 1.11. The van der Waals surface area contributed by atoms with Crippen LogP contribution in [-0.2, 0) is 0 Å². The summed E-state index contributed by atoms with van der Waals surface area (Å²) in [4.78, 5) is 6.69. The molecule has 0 spiro atoms. The van der Waals surface area contributed by atoms with Crippen LogP contribution < -0.4 is 5.73 Å². The fourth-order valence-corrected chi connectivity index (χ4v) is 3.25. The number of rotatable bonds is 1. The molecular weight excluding hydrogens is 214 g/mol. The van der Waals surface area contributed by atoms with Crippen molar-refractivity contribution in [3.63, 3.8) is 0 Å². The average Bonchev–Trinajstić information content (AvgIpc) is 3.11. The maximum Gasteiger partial charge on any atom is 0.191 e. The lowest BCUT2D eigenvalue weighted by molar-refractivity contribution is -0.0841. The van der Waals surface area contributed by atoms with Crippen LogP contribution in [0.4, 0.5) is 0 Å². The minimum atomic E-state index is -0.408. The first-order valence-electron chi connectivity index (χ1n) is 6.98. The lowest BCUT2D eigenvalue weighted by atomic mass is 9.71. The van der Waals surface area contributed by atoms with Gasteiger partial charge < -0.3 is 15.7 Å². The second kappa shape index (κ2) is 4.16. The Kier molecular flexibility index (Phi) is 2.77. The van der Waals surface area contributed by atoms with Crippen molar-refractivity contribution in [2.45, 2.75) is 56.6 Å². The fourth-order valence-electron chi connectivity index (χ4n) is 3.25. The lowest BCUT2D eigenvalue weighted by Gasteiger charge is -2.47. The highest BCUT2D eigenvalue weighted by molar-refractivity contribution is 5.78. The van der Waals surface area contributed by atoms with Crippen LogP contribution in [0, 0.1) is 5.92 Å². The van der Waals surface area contributed by atoms with E-state index in [1.54, 1.807) is 0 Å². The molecule has 0 aromatic rings. The number of nitrogens with two attached hydrogens (primary N) is 1. The summed E-state index contributed by atoms with van der Waals surface area (Å²) in [6.07, 6.45) is 7.80. The summed E-state index contributed by atoms with van der Waals surface area (Å²) < 4.78 is 0. The molecule has 4 heteroatoms. The molecule has 1 heterocycles. The van der Waals surface area contributed by atoms with Gasteiger partial charge >= 0.3 is 0 Å². The van der Waals surface area contributed by atoms with Crippen molar-refractivity contribution >= 4 is 5.96 Å². The van der Waals surface area contributed by atoms with Crippen LogP contribution in [0.5, 0.6) is 0 Å². The van der Waals surface area contributed by atoms with E-state index in [0.717, 1.165) is 32.4 Å². The monoisotopic (exact) mass is 237 g/mol. The fraction of sp³-hybridized carbons (Fsp3) is 0.923. The van der Waals surface area contributed by atoms with Crippen molar-refractivity contribution in [3.8, 4) is 0 Å². The second-order valence-electron chi connectivity index (χ2n) is 5.96. The molecule has 3 N–H and O–H groups in total. The molecule has 1 saturated heterocycles. The quantitative estimate of drug-likeness (QED) is 0.530. The number of aliphatic imine (C=N–C) groups is 1. The Bertz CT molecular complexity index is 327. The number of hydrogen-bond donors (Lipinski definition) is 2. The molecule has 2 atom stereocenters. The van der Waals surface area contributed by atoms with E-state index in [-0.39, 0.29) is 0 Å². The molecular formula is C13H23N3O. The third kappa shape index (κ3) is 2.28. The number of guanidine groups is 1. The van der Waals surface area contributed by atoms with Gasteiger partial charge in [0.1, 0.15) is 0 Å². The van der Waals surface area contributed by atoms with Gasteiger partial charge in [0.15, 0.2) is 5.96 Å². The van der Waals surface area contributed by atoms with E-state index >= 15 is 0 Å². The largest absolute Gasteiger partial charge is 0.389 e. The normalized spacial score (nSPS) is 39.0. The zero-order chi connectivity index (χ0) is 11.9. The first-order valence-corrected chi connectivity index (χ1v) is 6.98. The highest BCUT2D eigenvalue weighted by Crippen LogP contribution is 2.39. The van der Waals surface area contributed by atoms with Crippen molar-refractivity contribution in [2.24, 2.45) is 16.6 Å². The summed E-state index contributed by atoms with van der Waals surface area (Å²) >= 11 is 0. The summed E-state index contributed by atoms with van der Waals surface area (Å²) in [6.45, 7) is 1.77. The summed E-state index contributed by atoms with van der Waals surface area (Å²) in [7, 11) is 0. The van der Waals surface area contributed by atoms with Gasteiger partial charge in [-0.25, -0.2) is 4.99 Å². The van der Waals surface area contributed by atoms with Crippen LogP contribution in [0.25, 0.3) is 0 Å². The number of aliphatic hydroxyl groups is 1. The summed E-state index contributed by atoms with van der Waals surface area (Å²) in [5.41, 5.74) is 5.64. The van der Waals surface area contributed by atoms with Crippen LogP contribution in [-0.4, -0.2) is 40.7 Å². The Morgan fingerprint density at radius 3 is 2.82 bits per heavy atom. The van der Waals surface area contributed by atoms with Crippen molar-refractivity contribution < 1.29 is 5.11 Å². The predicted molar refractivity (Wildman–Crippen MR) is 67.7 cm³/mol. The molecule has 1 aliphatic heterocycles. The average molecular weight is 237 g/mol. The van der Waals surface area contributed by atoms with E-state index in [1.165, 1.54) is 25.7 Å². The molecule has 2 aliphatic carbocycles. The van der Waals surface area contributed by atoms with E-state index in [2.05, 4.69) is 9.89 Å². The van der Waals surface area contributed by atoms with Gasteiger partial charge in [-0.15, -0.1) is 0 Å². The minimum absolute atomic E-state index is 0.401. The molecule has 0 amide bonds. The van der Waals surface area contributed by atoms with E-state index in [0.29, 0.717) is 17.9 Å². The third-order valence-electron chi connectivity index (χ3n) is 4.61. The van der Waals surface area contributed by atoms with E-state index < -0.39 is 5.60 Å². The van der Waals surface area contributed by atoms with E-state index in [4.69, 9.17) is 5.73 Å². The van der Waals surface area contributed by atoms with Crippen LogP contribution in [0.1, 0.15) is 44.9 Å². The summed E-state index contributed by atoms with van der Waals surface area (Å²) in [6, 6.07) is 0.488. The van der Waals surface area contributed by atoms with Gasteiger partial charge in [0.25, 0.3) is 0 Å². The van der Waals surface area contributed by atoms with Crippen molar-refractivity contribution in [1.29, 1.82) is 0 Å². The molecule has 96 valence electrons. The highest BCUT2D eigenvalue weighted by Gasteiger charge is 2.43. The molecule has 0 aromatic carbocycles. The van der Waals surface area contributed by atoms with E-state index in [1.807, 2.05) is 0 Å². The molecule has 17 heavy (non-hydrogen) atoms. The van der Waals surface area contributed by atoms with Crippen LogP contribution in [0.3, 0.4) is 0 Å². The zero-order valence-corrected chi connectivity index (χ0v) is 10.4. The van der Waals surface area contributed by atoms with Gasteiger partial charge in [-0.1, -0.05) is 12.8 Å². The Labute approximate surface area is 103 Å². The van der Waals surface area contributed by atoms with Gasteiger partial charge in [-0.05, 0) is 32.1 Å². The molecule has 0 bridgehead atoms. The van der Waals surface area contributed by atoms with Crippen molar-refractivity contribution in [1.82, 2.24) is 4.90 Å². The number of fused-ring (bicyclic) bond motifs is 1. The van der Waals surface area contributed by atoms with Gasteiger partial charge in [-0.3, -0.25) is 0 Å². The van der Waals surface area contributed by atoms with Crippen LogP contribution in [0.15, 0.2) is 4.99 Å². The Hall–Kier alpha value is -0.770. The third-order valence-corrected chi connectivity index (χ3v) is 4.61. The smallest absolute Gasteiger partial charge is 0.191 e. The Balaban J connectivity index is 1.66. The molecule has 3 rings (SSSR count). The molecule has 2 unspecified atom stereocenters. The van der Waals surface area contributed by atoms with E-state index in [9.17, 15) is 5.11 Å². The van der Waals surface area contributed by atoms with Gasteiger partial charge in [0, 0.05) is 19.0 Å². The molecule has 0 aromatic heterocycles. The Morgan fingerprint density at radius 2 is 2.06 bits per heavy atom. The standard InChI is InChI=1S/C13H23N3O/c14-12(15-11-4-5-11)16-8-7-13(17)6-2-1-3-10(13)9-16/h10-11,17H,1-9H2,(H2,14,15). The number of hydrogen-bond acceptors (Lipinski definition) is 2. The molecule has 0 radical (unpaired) electrons. The molecule has 2 saturated carbocycles. The van der Waals surface area contributed by atoms with Gasteiger partial charge in [0.2, 0.25) is 0 Å². The maximum absolute atomic E-state index is 10.6. The second-order valence-corrected chi connectivity index (χ2v) is 5.96. The SMILES string of the molecule is NC(=NC1CC1)N1CCC2(O)CCCCC2C1. The van der Waals surface area contributed by atoms with Crippen molar-refractivity contribution in [3.05, 3.63) is 0 Å². The van der Waals surface area contributed by atoms with Crippen molar-refractivity contribution in [2.75, 3.05) is 13.1 Å².